The van der Waals surface area contributed by atoms with E-state index in [9.17, 15) is 0 Å². The van der Waals surface area contributed by atoms with E-state index in [1.807, 2.05) is 22.8 Å². The van der Waals surface area contributed by atoms with Crippen LogP contribution < -0.4 is 0 Å². The zero-order chi connectivity index (χ0) is 4.12. The minimum absolute atomic E-state index is 1.03. The minimum Gasteiger partial charge on any atom is -0.130 e. The van der Waals surface area contributed by atoms with Gasteiger partial charge in [-0.1, -0.05) is 0 Å². The Kier molecular flexibility index (Phi) is 6.29. The van der Waals surface area contributed by atoms with E-state index in [-0.39, 0.29) is 0 Å². The molecule has 3 heteroatoms. The van der Waals surface area contributed by atoms with Gasteiger partial charge < -0.3 is 0 Å². The van der Waals surface area contributed by atoms with Crippen molar-refractivity contribution in [3.05, 3.63) is 0 Å². The van der Waals surface area contributed by atoms with Crippen molar-refractivity contribution in [1.29, 1.82) is 0 Å². The normalized spacial score (nSPS) is 8.40. The van der Waals surface area contributed by atoms with Gasteiger partial charge in [-0.05, 0) is 19.5 Å². The molecule has 5 heavy (non-hydrogen) atoms. The minimum atomic E-state index is 1.03. The summed E-state index contributed by atoms with van der Waals surface area (Å²) in [6.45, 7) is 1.03. The molecule has 32 valence electrons. The lowest BCUT2D eigenvalue weighted by molar-refractivity contribution is 2.54. The van der Waals surface area contributed by atoms with Crippen LogP contribution in [-0.4, -0.2) is 12.5 Å². The second kappa shape index (κ2) is 5.13. The lowest BCUT2D eigenvalue weighted by Gasteiger charge is -1.80. The monoisotopic (exact) mass is 126 g/mol. The van der Waals surface area contributed by atoms with Crippen LogP contribution in [0.1, 0.15) is 0 Å². The summed E-state index contributed by atoms with van der Waals surface area (Å²) in [7, 11) is 0. The molecule has 0 aliphatic heterocycles. The van der Waals surface area contributed by atoms with Crippen molar-refractivity contribution in [2.45, 2.75) is 0 Å². The zero-order valence-corrected chi connectivity index (χ0v) is 5.95. The fourth-order valence-electron chi connectivity index (χ4n) is 0.0833. The standard InChI is InChI=1S/C2H7PS2/c1-4-3-5-2/h3H,1-2H3. The van der Waals surface area contributed by atoms with E-state index in [2.05, 4.69) is 12.5 Å². The first-order chi connectivity index (χ1) is 2.41. The van der Waals surface area contributed by atoms with Crippen molar-refractivity contribution >= 4 is 29.7 Å². The number of rotatable bonds is 2. The lowest BCUT2D eigenvalue weighted by Crippen LogP contribution is -1.25. The molecule has 0 saturated carbocycles. The average Bonchev–Trinajstić information content (AvgIpc) is 1.41. The highest BCUT2D eigenvalue weighted by Crippen LogP contribution is 2.37. The first-order valence-electron chi connectivity index (χ1n) is 1.22. The van der Waals surface area contributed by atoms with E-state index in [0.717, 1.165) is 6.98 Å². The molecule has 0 radical (unpaired) electrons. The van der Waals surface area contributed by atoms with Gasteiger partial charge in [0.2, 0.25) is 0 Å². The van der Waals surface area contributed by atoms with Gasteiger partial charge in [0.15, 0.2) is 0 Å². The number of hydrogen-bond donors (Lipinski definition) is 0. The summed E-state index contributed by atoms with van der Waals surface area (Å²) in [6, 6.07) is 0. The highest BCUT2D eigenvalue weighted by molar-refractivity contribution is 8.81. The molecule has 0 unspecified atom stereocenters. The summed E-state index contributed by atoms with van der Waals surface area (Å²) in [5.41, 5.74) is 0. The molecule has 0 heterocycles. The van der Waals surface area contributed by atoms with Crippen LogP contribution in [0.15, 0.2) is 0 Å². The zero-order valence-electron chi connectivity index (χ0n) is 3.32. The highest BCUT2D eigenvalue weighted by atomic mass is 33.1. The Morgan fingerprint density at radius 3 is 1.60 bits per heavy atom. The van der Waals surface area contributed by atoms with Gasteiger partial charge in [0, 0.05) is 0 Å². The molecule has 0 atom stereocenters. The van der Waals surface area contributed by atoms with Gasteiger partial charge in [-0.25, -0.2) is 0 Å². The fraction of sp³-hybridized carbons (Fsp3) is 1.00. The van der Waals surface area contributed by atoms with Gasteiger partial charge in [0.1, 0.15) is 0 Å². The fourth-order valence-corrected chi connectivity index (χ4v) is 2.25. The summed E-state index contributed by atoms with van der Waals surface area (Å²) >= 11 is 3.78. The van der Waals surface area contributed by atoms with Gasteiger partial charge in [-0.15, -0.1) is 22.8 Å². The van der Waals surface area contributed by atoms with E-state index in [4.69, 9.17) is 0 Å². The Morgan fingerprint density at radius 2 is 1.60 bits per heavy atom. The molecular formula is C2H7PS2. The molecular weight excluding hydrogens is 119 g/mol. The van der Waals surface area contributed by atoms with Gasteiger partial charge in [0.25, 0.3) is 0 Å². The molecule has 0 saturated heterocycles. The van der Waals surface area contributed by atoms with E-state index < -0.39 is 0 Å². The summed E-state index contributed by atoms with van der Waals surface area (Å²) in [5.74, 6) is 0. The summed E-state index contributed by atoms with van der Waals surface area (Å²) < 4.78 is 0. The van der Waals surface area contributed by atoms with E-state index in [1.165, 1.54) is 0 Å². The first-order valence-corrected chi connectivity index (χ1v) is 6.12. The third-order valence-electron chi connectivity index (χ3n) is 0.167. The maximum atomic E-state index is 2.12. The Hall–Kier alpha value is 1.13. The van der Waals surface area contributed by atoms with Crippen LogP contribution in [0.4, 0.5) is 0 Å². The Morgan fingerprint density at radius 1 is 1.20 bits per heavy atom. The van der Waals surface area contributed by atoms with Crippen LogP contribution in [0, 0.1) is 0 Å². The van der Waals surface area contributed by atoms with Crippen molar-refractivity contribution in [2.75, 3.05) is 12.5 Å². The van der Waals surface area contributed by atoms with Crippen molar-refractivity contribution in [3.8, 4) is 0 Å². The van der Waals surface area contributed by atoms with Gasteiger partial charge in [0.05, 0.1) is 0 Å². The molecule has 0 bridgehead atoms. The number of hydrogen-bond acceptors (Lipinski definition) is 2. The van der Waals surface area contributed by atoms with Gasteiger partial charge in [-0.2, -0.15) is 0 Å². The largest absolute Gasteiger partial charge is 0.130 e. The summed E-state index contributed by atoms with van der Waals surface area (Å²) in [4.78, 5) is 0. The molecule has 0 fully saturated rings. The lowest BCUT2D eigenvalue weighted by atomic mass is 12.0. The third kappa shape index (κ3) is 5.13. The predicted molar refractivity (Wildman–Crippen MR) is 35.3 cm³/mol. The molecule has 0 aliphatic rings. The Bertz CT molecular complexity index is 15.1. The summed E-state index contributed by atoms with van der Waals surface area (Å²) in [5, 5.41) is 0. The second-order valence-corrected chi connectivity index (χ2v) is 5.92. The van der Waals surface area contributed by atoms with Crippen LogP contribution >= 0.6 is 29.7 Å². The average molecular weight is 126 g/mol. The SMILES string of the molecule is CSPSC. The van der Waals surface area contributed by atoms with Crippen molar-refractivity contribution in [2.24, 2.45) is 0 Å². The molecule has 0 rings (SSSR count). The molecule has 0 aromatic carbocycles. The van der Waals surface area contributed by atoms with Crippen LogP contribution in [-0.2, 0) is 0 Å². The predicted octanol–water partition coefficient (Wildman–Crippen LogP) is 2.22. The van der Waals surface area contributed by atoms with Gasteiger partial charge >= 0.3 is 0 Å². The maximum Gasteiger partial charge on any atom is -0.00281 e. The van der Waals surface area contributed by atoms with Gasteiger partial charge in [-0.3, -0.25) is 0 Å². The van der Waals surface area contributed by atoms with E-state index in [0.29, 0.717) is 0 Å². The van der Waals surface area contributed by atoms with Crippen molar-refractivity contribution < 1.29 is 0 Å². The smallest absolute Gasteiger partial charge is 0.00281 e. The van der Waals surface area contributed by atoms with Crippen LogP contribution in [0.25, 0.3) is 0 Å². The first kappa shape index (κ1) is 6.13. The molecule has 0 spiro atoms. The highest BCUT2D eigenvalue weighted by Gasteiger charge is 1.67. The van der Waals surface area contributed by atoms with E-state index >= 15 is 0 Å². The molecule has 0 amide bonds. The van der Waals surface area contributed by atoms with Crippen molar-refractivity contribution in [1.82, 2.24) is 0 Å². The quantitative estimate of drug-likeness (QED) is 0.520. The molecule has 0 nitrogen and oxygen atoms in total. The Labute approximate surface area is 42.8 Å². The van der Waals surface area contributed by atoms with Crippen LogP contribution in [0.3, 0.4) is 0 Å². The van der Waals surface area contributed by atoms with E-state index in [1.54, 1.807) is 0 Å². The van der Waals surface area contributed by atoms with Crippen molar-refractivity contribution in [3.63, 3.8) is 0 Å². The van der Waals surface area contributed by atoms with Crippen LogP contribution in [0.5, 0.6) is 0 Å². The maximum absolute atomic E-state index is 2.12. The molecule has 0 aliphatic carbocycles. The third-order valence-corrected chi connectivity index (χ3v) is 4.50. The Balaban J connectivity index is 2.19. The molecule has 0 N–H and O–H groups in total. The molecule has 0 aromatic rings. The summed E-state index contributed by atoms with van der Waals surface area (Å²) in [6.07, 6.45) is 4.24. The second-order valence-electron chi connectivity index (χ2n) is 0.492. The molecule has 0 aromatic heterocycles. The topological polar surface area (TPSA) is 0 Å². The van der Waals surface area contributed by atoms with Crippen LogP contribution in [0.2, 0.25) is 0 Å².